The van der Waals surface area contributed by atoms with Gasteiger partial charge < -0.3 is 9.72 Å². The second kappa shape index (κ2) is 8.27. The van der Waals surface area contributed by atoms with E-state index in [2.05, 4.69) is 40.3 Å². The van der Waals surface area contributed by atoms with Gasteiger partial charge in [-0.1, -0.05) is 25.1 Å². The van der Waals surface area contributed by atoms with Gasteiger partial charge in [-0.05, 0) is 61.9 Å². The van der Waals surface area contributed by atoms with E-state index in [-0.39, 0.29) is 17.6 Å². The number of Topliss-reactive ketones (excluding diaryl/α,β-unsaturated/α-hetero) is 1. The molecule has 0 spiro atoms. The van der Waals surface area contributed by atoms with Gasteiger partial charge in [-0.2, -0.15) is 5.26 Å². The van der Waals surface area contributed by atoms with Gasteiger partial charge in [0.25, 0.3) is 0 Å². The first-order chi connectivity index (χ1) is 17.5. The minimum Gasteiger partial charge on any atom is -0.497 e. The van der Waals surface area contributed by atoms with Crippen molar-refractivity contribution in [3.63, 3.8) is 0 Å². The van der Waals surface area contributed by atoms with Crippen molar-refractivity contribution in [2.45, 2.75) is 38.5 Å². The molecule has 4 atom stereocenters. The minimum atomic E-state index is -0.677. The van der Waals surface area contributed by atoms with Crippen LogP contribution < -0.4 is 4.74 Å². The Balaban J connectivity index is 1.63. The third-order valence-electron chi connectivity index (χ3n) is 8.26. The standard InChI is InChI=1S/C29H27N5O2/c1-16-23-10-9-22-26(18-4-11-24-25(12-18)32-15-31-24)33-17(2)34-28(22)29(23,13-19(14-30)27(16)35)20-5-7-21(36-3)8-6-20/h4-8,11-12,15-16,19,23H,9-10,13H2,1-3H3,(H,31,32)/t16-,19?,23-,29-/m0/s1. The first kappa shape index (κ1) is 22.4. The molecule has 4 aromatic rings. The lowest BCUT2D eigenvalue weighted by Crippen LogP contribution is -2.53. The third kappa shape index (κ3) is 3.17. The maximum Gasteiger partial charge on any atom is 0.153 e. The van der Waals surface area contributed by atoms with Crippen molar-refractivity contribution >= 4 is 16.8 Å². The van der Waals surface area contributed by atoms with E-state index >= 15 is 0 Å². The second-order valence-corrected chi connectivity index (χ2v) is 10.0. The molecule has 180 valence electrons. The molecular weight excluding hydrogens is 450 g/mol. The number of fused-ring (bicyclic) bond motifs is 4. The number of imidazole rings is 1. The van der Waals surface area contributed by atoms with Crippen LogP contribution in [-0.2, 0) is 16.6 Å². The number of aryl methyl sites for hydroxylation is 1. The van der Waals surface area contributed by atoms with Gasteiger partial charge in [0.2, 0.25) is 0 Å². The van der Waals surface area contributed by atoms with Gasteiger partial charge in [0, 0.05) is 22.5 Å². The Labute approximate surface area is 209 Å². The largest absolute Gasteiger partial charge is 0.497 e. The fourth-order valence-electron chi connectivity index (χ4n) is 6.57. The van der Waals surface area contributed by atoms with Crippen LogP contribution in [0.15, 0.2) is 48.8 Å². The predicted octanol–water partition coefficient (Wildman–Crippen LogP) is 4.93. The molecule has 7 nitrogen and oxygen atoms in total. The number of ether oxygens (including phenoxy) is 1. The molecule has 1 unspecified atom stereocenters. The van der Waals surface area contributed by atoms with Gasteiger partial charge in [-0.25, -0.2) is 15.0 Å². The maximum atomic E-state index is 13.2. The number of ketones is 1. The Kier molecular flexibility index (Phi) is 5.15. The number of rotatable bonds is 3. The summed E-state index contributed by atoms with van der Waals surface area (Å²) in [5.41, 5.74) is 6.35. The van der Waals surface area contributed by atoms with Crippen LogP contribution in [0.25, 0.3) is 22.3 Å². The van der Waals surface area contributed by atoms with Gasteiger partial charge in [0.1, 0.15) is 17.5 Å². The maximum absolute atomic E-state index is 13.2. The monoisotopic (exact) mass is 477 g/mol. The quantitative estimate of drug-likeness (QED) is 0.448. The summed E-state index contributed by atoms with van der Waals surface area (Å²) in [6.07, 6.45) is 3.73. The minimum absolute atomic E-state index is 0.0470. The smallest absolute Gasteiger partial charge is 0.153 e. The highest BCUT2D eigenvalue weighted by molar-refractivity contribution is 5.88. The molecule has 2 aliphatic carbocycles. The van der Waals surface area contributed by atoms with Crippen molar-refractivity contribution < 1.29 is 9.53 Å². The van der Waals surface area contributed by atoms with Crippen molar-refractivity contribution in [1.82, 2.24) is 19.9 Å². The molecule has 1 saturated carbocycles. The van der Waals surface area contributed by atoms with Crippen molar-refractivity contribution in [3.8, 4) is 23.1 Å². The zero-order chi connectivity index (χ0) is 25.0. The summed E-state index contributed by atoms with van der Waals surface area (Å²) in [7, 11) is 1.65. The molecule has 0 bridgehead atoms. The second-order valence-electron chi connectivity index (χ2n) is 10.0. The molecule has 0 amide bonds. The summed E-state index contributed by atoms with van der Waals surface area (Å²) in [6, 6.07) is 16.5. The van der Waals surface area contributed by atoms with Gasteiger partial charge in [0.05, 0.1) is 41.9 Å². The zero-order valence-electron chi connectivity index (χ0n) is 20.6. The number of carbonyl (C=O) groups excluding carboxylic acids is 1. The number of H-pyrrole nitrogens is 1. The molecule has 36 heavy (non-hydrogen) atoms. The van der Waals surface area contributed by atoms with Crippen LogP contribution in [0.3, 0.4) is 0 Å². The lowest BCUT2D eigenvalue weighted by atomic mass is 9.50. The van der Waals surface area contributed by atoms with Gasteiger partial charge >= 0.3 is 0 Å². The van der Waals surface area contributed by atoms with E-state index in [0.717, 1.165) is 57.7 Å². The van der Waals surface area contributed by atoms with E-state index in [1.807, 2.05) is 32.0 Å². The number of nitriles is 1. The fraction of sp³-hybridized carbons (Fsp3) is 0.345. The van der Waals surface area contributed by atoms with Crippen LogP contribution in [-0.4, -0.2) is 32.8 Å². The summed E-state index contributed by atoms with van der Waals surface area (Å²) >= 11 is 0. The van der Waals surface area contributed by atoms with Gasteiger partial charge in [-0.3, -0.25) is 4.79 Å². The van der Waals surface area contributed by atoms with E-state index < -0.39 is 11.3 Å². The summed E-state index contributed by atoms with van der Waals surface area (Å²) in [5.74, 6) is 0.633. The lowest BCUT2D eigenvalue weighted by Gasteiger charge is -2.51. The Morgan fingerprint density at radius 1 is 1.17 bits per heavy atom. The van der Waals surface area contributed by atoms with Crippen molar-refractivity contribution in [2.24, 2.45) is 17.8 Å². The molecule has 0 saturated heterocycles. The number of nitrogens with one attached hydrogen (secondary N) is 1. The van der Waals surface area contributed by atoms with E-state index in [9.17, 15) is 10.1 Å². The van der Waals surface area contributed by atoms with Crippen LogP contribution >= 0.6 is 0 Å². The fourth-order valence-corrected chi connectivity index (χ4v) is 6.57. The van der Waals surface area contributed by atoms with Crippen LogP contribution in [0.5, 0.6) is 5.75 Å². The van der Waals surface area contributed by atoms with Crippen LogP contribution in [0, 0.1) is 36.0 Å². The SMILES string of the molecule is COc1ccc([C@@]23CC(C#N)C(=O)[C@@H](C)[C@@H]2CCc2c(-c4ccc5nc[nH]c5c4)nc(C)nc23)cc1. The van der Waals surface area contributed by atoms with Crippen LogP contribution in [0.4, 0.5) is 0 Å². The normalized spacial score (nSPS) is 25.2. The highest BCUT2D eigenvalue weighted by Gasteiger charge is 2.56. The number of aromatic amines is 1. The molecule has 1 N–H and O–H groups in total. The topological polar surface area (TPSA) is 105 Å². The van der Waals surface area contributed by atoms with Gasteiger partial charge in [-0.15, -0.1) is 0 Å². The molecule has 6 rings (SSSR count). The molecule has 7 heteroatoms. The molecule has 2 aromatic carbocycles. The summed E-state index contributed by atoms with van der Waals surface area (Å²) in [4.78, 5) is 30.7. The van der Waals surface area contributed by atoms with Crippen LogP contribution in [0.2, 0.25) is 0 Å². The Morgan fingerprint density at radius 2 is 1.97 bits per heavy atom. The summed E-state index contributed by atoms with van der Waals surface area (Å²) in [6.45, 7) is 3.91. The number of benzene rings is 2. The van der Waals surface area contributed by atoms with Gasteiger partial charge in [0.15, 0.2) is 5.78 Å². The van der Waals surface area contributed by atoms with E-state index in [1.165, 1.54) is 0 Å². The first-order valence-electron chi connectivity index (χ1n) is 12.4. The third-order valence-corrected chi connectivity index (χ3v) is 8.26. The Morgan fingerprint density at radius 3 is 2.72 bits per heavy atom. The average molecular weight is 478 g/mol. The van der Waals surface area contributed by atoms with Crippen molar-refractivity contribution in [1.29, 1.82) is 5.26 Å². The van der Waals surface area contributed by atoms with Crippen molar-refractivity contribution in [3.05, 3.63) is 71.4 Å². The molecule has 0 radical (unpaired) electrons. The highest BCUT2D eigenvalue weighted by atomic mass is 16.5. The van der Waals surface area contributed by atoms with E-state index in [1.54, 1.807) is 13.4 Å². The number of carbonyl (C=O) groups is 1. The molecular formula is C29H27N5O2. The number of hydrogen-bond donors (Lipinski definition) is 1. The van der Waals surface area contributed by atoms with Crippen LogP contribution in [0.1, 0.15) is 42.4 Å². The summed E-state index contributed by atoms with van der Waals surface area (Å²) in [5, 5.41) is 10.00. The molecule has 2 heterocycles. The zero-order valence-corrected chi connectivity index (χ0v) is 20.6. The number of hydrogen-bond acceptors (Lipinski definition) is 6. The Hall–Kier alpha value is -4.05. The average Bonchev–Trinajstić information content (AvgIpc) is 3.38. The van der Waals surface area contributed by atoms with Crippen molar-refractivity contribution in [2.75, 3.05) is 7.11 Å². The molecule has 2 aliphatic rings. The number of aromatic nitrogens is 4. The molecule has 1 fully saturated rings. The highest BCUT2D eigenvalue weighted by Crippen LogP contribution is 2.56. The number of nitrogens with zero attached hydrogens (tertiary/aromatic N) is 4. The Bertz CT molecular complexity index is 1530. The molecule has 2 aromatic heterocycles. The predicted molar refractivity (Wildman–Crippen MR) is 135 cm³/mol. The number of methoxy groups -OCH3 is 1. The van der Waals surface area contributed by atoms with E-state index in [0.29, 0.717) is 12.2 Å². The molecule has 0 aliphatic heterocycles. The van der Waals surface area contributed by atoms with E-state index in [4.69, 9.17) is 14.7 Å². The lowest BCUT2D eigenvalue weighted by molar-refractivity contribution is -0.131. The summed E-state index contributed by atoms with van der Waals surface area (Å²) < 4.78 is 5.42. The first-order valence-corrected chi connectivity index (χ1v) is 12.4.